The van der Waals surface area contributed by atoms with Crippen LogP contribution in [0.15, 0.2) is 64.7 Å². The highest BCUT2D eigenvalue weighted by Crippen LogP contribution is 2.22. The van der Waals surface area contributed by atoms with Gasteiger partial charge in [0.2, 0.25) is 5.89 Å². The molecule has 0 aliphatic heterocycles. The van der Waals surface area contributed by atoms with Crippen molar-refractivity contribution in [3.05, 3.63) is 77.3 Å². The number of hydrogen-bond acceptors (Lipinski definition) is 6. The average molecular weight is 437 g/mol. The number of aryl methyl sites for hydroxylation is 1. The maximum atomic E-state index is 11.1. The Morgan fingerprint density at radius 2 is 1.88 bits per heavy atom. The largest absolute Gasteiger partial charge is 0.493 e. The van der Waals surface area contributed by atoms with Crippen molar-refractivity contribution in [1.29, 1.82) is 0 Å². The van der Waals surface area contributed by atoms with Crippen LogP contribution in [0, 0.1) is 6.92 Å². The number of benzene rings is 2. The molecule has 7 nitrogen and oxygen atoms in total. The summed E-state index contributed by atoms with van der Waals surface area (Å²) in [6, 6.07) is 17.2. The van der Waals surface area contributed by atoms with E-state index in [1.807, 2.05) is 75.4 Å². The Balaban J connectivity index is 1.57. The molecule has 0 amide bonds. The van der Waals surface area contributed by atoms with Gasteiger partial charge in [-0.15, -0.1) is 0 Å². The predicted octanol–water partition coefficient (Wildman–Crippen LogP) is 5.02. The number of hydrogen-bond donors (Lipinski definition) is 2. The molecule has 0 aliphatic rings. The summed E-state index contributed by atoms with van der Waals surface area (Å²) in [6.07, 6.45) is 2.14. The van der Waals surface area contributed by atoms with E-state index in [4.69, 9.17) is 19.1 Å². The molecule has 3 rings (SSSR count). The molecular formula is C25H28N2O5. The summed E-state index contributed by atoms with van der Waals surface area (Å²) in [4.78, 5) is 21.0. The fraction of sp³-hybridized carbons (Fsp3) is 0.280. The van der Waals surface area contributed by atoms with Crippen LogP contribution in [-0.2, 0) is 16.1 Å². The van der Waals surface area contributed by atoms with Crippen LogP contribution in [0.25, 0.3) is 17.5 Å². The van der Waals surface area contributed by atoms with E-state index in [1.54, 1.807) is 6.08 Å². The molecular weight excluding hydrogens is 408 g/mol. The van der Waals surface area contributed by atoms with Crippen molar-refractivity contribution in [2.75, 3.05) is 6.61 Å². The van der Waals surface area contributed by atoms with Crippen molar-refractivity contribution in [2.24, 2.45) is 0 Å². The fourth-order valence-electron chi connectivity index (χ4n) is 2.96. The first-order valence-electron chi connectivity index (χ1n) is 10.5. The molecule has 0 saturated heterocycles. The van der Waals surface area contributed by atoms with Gasteiger partial charge in [-0.05, 0) is 56.7 Å². The summed E-state index contributed by atoms with van der Waals surface area (Å²) in [5.74, 6) is 1.18. The van der Waals surface area contributed by atoms with Crippen molar-refractivity contribution in [1.82, 2.24) is 10.5 Å². The lowest BCUT2D eigenvalue weighted by molar-refractivity contribution is -0.136. The molecule has 1 heterocycles. The van der Waals surface area contributed by atoms with Crippen LogP contribution in [0.1, 0.15) is 37.3 Å². The van der Waals surface area contributed by atoms with Crippen molar-refractivity contribution in [2.45, 2.75) is 39.7 Å². The van der Waals surface area contributed by atoms with E-state index >= 15 is 0 Å². The van der Waals surface area contributed by atoms with Crippen LogP contribution in [0.5, 0.6) is 5.75 Å². The molecule has 0 fully saturated rings. The highest BCUT2D eigenvalue weighted by molar-refractivity contribution is 5.72. The first-order chi connectivity index (χ1) is 15.4. The Bertz CT molecular complexity index is 1040. The van der Waals surface area contributed by atoms with Gasteiger partial charge in [0.25, 0.3) is 0 Å². The Labute approximate surface area is 187 Å². The lowest BCUT2D eigenvalue weighted by Crippen LogP contribution is -2.20. The number of aliphatic carboxylic acids is 1. The van der Waals surface area contributed by atoms with Gasteiger partial charge in [0.15, 0.2) is 0 Å². The number of carboxylic acid groups (broad SMARTS) is 1. The van der Waals surface area contributed by atoms with Gasteiger partial charge in [-0.3, -0.25) is 15.1 Å². The molecule has 2 N–H and O–H groups in total. The third-order valence-electron chi connectivity index (χ3n) is 4.51. The van der Waals surface area contributed by atoms with E-state index in [0.29, 0.717) is 24.6 Å². The topological polar surface area (TPSA) is 93.8 Å². The Morgan fingerprint density at radius 3 is 2.53 bits per heavy atom. The number of ether oxygens (including phenoxy) is 1. The van der Waals surface area contributed by atoms with Gasteiger partial charge in [0.1, 0.15) is 11.5 Å². The summed E-state index contributed by atoms with van der Waals surface area (Å²) in [6.45, 7) is 6.09. The summed E-state index contributed by atoms with van der Waals surface area (Å²) < 4.78 is 11.6. The second-order valence-electron chi connectivity index (χ2n) is 7.56. The van der Waals surface area contributed by atoms with Crippen molar-refractivity contribution < 1.29 is 23.9 Å². The fourth-order valence-corrected chi connectivity index (χ4v) is 2.96. The molecule has 0 aliphatic carbocycles. The van der Waals surface area contributed by atoms with E-state index < -0.39 is 5.97 Å². The standard InChI is InChI=1S/C25H28N2O5/c1-17(2)32-27-21(16-24(28)29)15-19-9-11-22(12-10-19)30-14-13-23-18(3)31-25(26-23)20-7-5-4-6-8-20/h4-12,15,17,27H,13-14,16H2,1-3H3,(H,28,29). The summed E-state index contributed by atoms with van der Waals surface area (Å²) in [7, 11) is 0. The molecule has 3 aromatic rings. The average Bonchev–Trinajstić information content (AvgIpc) is 3.14. The third-order valence-corrected chi connectivity index (χ3v) is 4.51. The molecule has 0 spiro atoms. The van der Waals surface area contributed by atoms with E-state index in [9.17, 15) is 4.79 Å². The van der Waals surface area contributed by atoms with Crippen LogP contribution < -0.4 is 10.2 Å². The molecule has 0 atom stereocenters. The zero-order chi connectivity index (χ0) is 22.9. The lowest BCUT2D eigenvalue weighted by atomic mass is 10.1. The minimum Gasteiger partial charge on any atom is -0.493 e. The summed E-state index contributed by atoms with van der Waals surface area (Å²) >= 11 is 0. The zero-order valence-electron chi connectivity index (χ0n) is 18.5. The number of carbonyl (C=O) groups is 1. The van der Waals surface area contributed by atoms with Gasteiger partial charge in [0.05, 0.1) is 24.8 Å². The Morgan fingerprint density at radius 1 is 1.16 bits per heavy atom. The number of nitrogens with zero attached hydrogens (tertiary/aromatic N) is 1. The van der Waals surface area contributed by atoms with E-state index in [-0.39, 0.29) is 12.5 Å². The summed E-state index contributed by atoms with van der Waals surface area (Å²) in [5, 5.41) is 9.08. The molecule has 0 saturated carbocycles. The van der Waals surface area contributed by atoms with Gasteiger partial charge in [-0.1, -0.05) is 30.3 Å². The van der Waals surface area contributed by atoms with E-state index in [2.05, 4.69) is 10.5 Å². The van der Waals surface area contributed by atoms with Crippen molar-refractivity contribution >= 4 is 12.0 Å². The maximum absolute atomic E-state index is 11.1. The highest BCUT2D eigenvalue weighted by atomic mass is 16.7. The molecule has 0 unspecified atom stereocenters. The number of aromatic nitrogens is 1. The van der Waals surface area contributed by atoms with Crippen LogP contribution in [-0.4, -0.2) is 28.8 Å². The van der Waals surface area contributed by atoms with Crippen LogP contribution in [0.2, 0.25) is 0 Å². The Hall–Kier alpha value is -3.58. The molecule has 32 heavy (non-hydrogen) atoms. The monoisotopic (exact) mass is 436 g/mol. The normalized spacial score (nSPS) is 11.6. The number of nitrogens with one attached hydrogen (secondary N) is 1. The highest BCUT2D eigenvalue weighted by Gasteiger charge is 2.11. The first kappa shape index (κ1) is 23.1. The number of oxazole rings is 1. The van der Waals surface area contributed by atoms with E-state index in [1.165, 1.54) is 0 Å². The van der Waals surface area contributed by atoms with Gasteiger partial charge in [-0.2, -0.15) is 0 Å². The Kier molecular flexibility index (Phi) is 8.05. The smallest absolute Gasteiger partial charge is 0.309 e. The number of rotatable bonds is 11. The molecule has 2 aromatic carbocycles. The minimum atomic E-state index is -0.936. The second kappa shape index (κ2) is 11.2. The lowest BCUT2D eigenvalue weighted by Gasteiger charge is -2.12. The maximum Gasteiger partial charge on any atom is 0.309 e. The first-order valence-corrected chi connectivity index (χ1v) is 10.5. The van der Waals surface area contributed by atoms with Gasteiger partial charge < -0.3 is 14.3 Å². The second-order valence-corrected chi connectivity index (χ2v) is 7.56. The molecule has 7 heteroatoms. The third kappa shape index (κ3) is 6.99. The van der Waals surface area contributed by atoms with E-state index in [0.717, 1.165) is 28.3 Å². The summed E-state index contributed by atoms with van der Waals surface area (Å²) in [5.41, 5.74) is 5.85. The van der Waals surface area contributed by atoms with Gasteiger partial charge in [-0.25, -0.2) is 4.98 Å². The molecule has 1 aromatic heterocycles. The quantitative estimate of drug-likeness (QED) is 0.408. The van der Waals surface area contributed by atoms with Crippen LogP contribution >= 0.6 is 0 Å². The zero-order valence-corrected chi connectivity index (χ0v) is 18.5. The SMILES string of the molecule is Cc1oc(-c2ccccc2)nc1CCOc1ccc(C=C(CC(=O)O)NOC(C)C)cc1. The number of hydroxylamine groups is 1. The van der Waals surface area contributed by atoms with Crippen LogP contribution in [0.4, 0.5) is 0 Å². The molecule has 0 radical (unpaired) electrons. The minimum absolute atomic E-state index is 0.0694. The van der Waals surface area contributed by atoms with Crippen LogP contribution in [0.3, 0.4) is 0 Å². The van der Waals surface area contributed by atoms with Gasteiger partial charge in [0, 0.05) is 17.7 Å². The molecule has 0 bridgehead atoms. The number of carboxylic acids is 1. The van der Waals surface area contributed by atoms with Crippen molar-refractivity contribution in [3.8, 4) is 17.2 Å². The molecule has 168 valence electrons. The van der Waals surface area contributed by atoms with Gasteiger partial charge >= 0.3 is 5.97 Å². The predicted molar refractivity (Wildman–Crippen MR) is 122 cm³/mol. The van der Waals surface area contributed by atoms with Crippen molar-refractivity contribution in [3.63, 3.8) is 0 Å².